The fourth-order valence-corrected chi connectivity index (χ4v) is 2.35. The number of carbonyl (C=O) groups excluding carboxylic acids is 2. The highest BCUT2D eigenvalue weighted by molar-refractivity contribution is 7.99. The number of nitrogens with zero attached hydrogens (tertiary/aromatic N) is 4. The van der Waals surface area contributed by atoms with Gasteiger partial charge in [-0.15, -0.1) is 16.8 Å². The van der Waals surface area contributed by atoms with Gasteiger partial charge in [0.25, 0.3) is 0 Å². The molecule has 1 aromatic rings. The van der Waals surface area contributed by atoms with Crippen LogP contribution in [0, 0.1) is 0 Å². The van der Waals surface area contributed by atoms with Crippen molar-refractivity contribution < 1.29 is 9.59 Å². The minimum atomic E-state index is -0.146. The van der Waals surface area contributed by atoms with Crippen LogP contribution < -0.4 is 5.32 Å². The Kier molecular flexibility index (Phi) is 7.52. The first kappa shape index (κ1) is 17.2. The largest absolute Gasteiger partial charge is 0.355 e. The van der Waals surface area contributed by atoms with Crippen molar-refractivity contribution in [1.29, 1.82) is 0 Å². The molecule has 0 unspecified atom stereocenters. The molecule has 1 aromatic heterocycles. The molecule has 7 nitrogen and oxygen atoms in total. The van der Waals surface area contributed by atoms with Crippen LogP contribution in [0.25, 0.3) is 0 Å². The molecule has 0 saturated carbocycles. The van der Waals surface area contributed by atoms with Crippen LogP contribution >= 0.6 is 11.8 Å². The Morgan fingerprint density at radius 2 is 2.33 bits per heavy atom. The van der Waals surface area contributed by atoms with E-state index in [1.54, 1.807) is 24.0 Å². The van der Waals surface area contributed by atoms with Crippen LogP contribution in [0.2, 0.25) is 0 Å². The summed E-state index contributed by atoms with van der Waals surface area (Å²) in [6, 6.07) is 0. The highest BCUT2D eigenvalue weighted by Crippen LogP contribution is 2.15. The average Bonchev–Trinajstić information content (AvgIpc) is 2.90. The second-order valence-corrected chi connectivity index (χ2v) is 5.39. The van der Waals surface area contributed by atoms with Gasteiger partial charge in [0, 0.05) is 20.1 Å². The number of amides is 2. The summed E-state index contributed by atoms with van der Waals surface area (Å²) in [6.07, 6.45) is 4.20. The van der Waals surface area contributed by atoms with E-state index < -0.39 is 0 Å². The molecule has 1 N–H and O–H groups in total. The van der Waals surface area contributed by atoms with E-state index in [-0.39, 0.29) is 24.1 Å². The highest BCUT2D eigenvalue weighted by atomic mass is 32.2. The van der Waals surface area contributed by atoms with Gasteiger partial charge in [0.2, 0.25) is 11.8 Å². The van der Waals surface area contributed by atoms with Crippen molar-refractivity contribution >= 4 is 23.6 Å². The summed E-state index contributed by atoms with van der Waals surface area (Å²) in [6.45, 7) is 6.92. The summed E-state index contributed by atoms with van der Waals surface area (Å²) in [4.78, 5) is 24.9. The summed E-state index contributed by atoms with van der Waals surface area (Å²) < 4.78 is 1.80. The van der Waals surface area contributed by atoms with E-state index in [1.165, 1.54) is 16.7 Å². The summed E-state index contributed by atoms with van der Waals surface area (Å²) in [5.74, 6) is -0.0553. The maximum absolute atomic E-state index is 12.0. The fraction of sp³-hybridized carbons (Fsp3) is 0.538. The molecule has 2 amide bonds. The molecule has 0 aromatic carbocycles. The molecule has 0 saturated heterocycles. The Labute approximate surface area is 128 Å². The minimum absolute atomic E-state index is 0.0682. The van der Waals surface area contributed by atoms with Crippen LogP contribution in [-0.2, 0) is 16.1 Å². The topological polar surface area (TPSA) is 80.1 Å². The molecule has 1 rings (SSSR count). The van der Waals surface area contributed by atoms with Gasteiger partial charge in [-0.2, -0.15) is 0 Å². The van der Waals surface area contributed by atoms with Crippen LogP contribution in [0.15, 0.2) is 24.1 Å². The number of nitrogens with one attached hydrogen (secondary N) is 1. The Balaban J connectivity index is 2.40. The van der Waals surface area contributed by atoms with Gasteiger partial charge >= 0.3 is 0 Å². The van der Waals surface area contributed by atoms with E-state index in [0.29, 0.717) is 18.2 Å². The van der Waals surface area contributed by atoms with E-state index >= 15 is 0 Å². The molecular formula is C13H21N5O2S. The van der Waals surface area contributed by atoms with E-state index in [2.05, 4.69) is 22.1 Å². The third-order valence-corrected chi connectivity index (χ3v) is 3.57. The van der Waals surface area contributed by atoms with E-state index in [0.717, 1.165) is 6.42 Å². The molecule has 0 atom stereocenters. The summed E-state index contributed by atoms with van der Waals surface area (Å²) in [5.41, 5.74) is 0. The van der Waals surface area contributed by atoms with Gasteiger partial charge in [-0.1, -0.05) is 24.8 Å². The highest BCUT2D eigenvalue weighted by Gasteiger charge is 2.14. The van der Waals surface area contributed by atoms with E-state index in [9.17, 15) is 9.59 Å². The molecule has 0 fully saturated rings. The molecule has 21 heavy (non-hydrogen) atoms. The lowest BCUT2D eigenvalue weighted by atomic mass is 10.4. The van der Waals surface area contributed by atoms with Crippen molar-refractivity contribution in [3.05, 3.63) is 19.0 Å². The van der Waals surface area contributed by atoms with Crippen LogP contribution in [0.5, 0.6) is 0 Å². The lowest BCUT2D eigenvalue weighted by Crippen LogP contribution is -2.39. The van der Waals surface area contributed by atoms with Crippen LogP contribution in [0.3, 0.4) is 0 Å². The second-order valence-electron chi connectivity index (χ2n) is 4.44. The molecule has 1 heterocycles. The lowest BCUT2D eigenvalue weighted by molar-refractivity contribution is -0.132. The Morgan fingerprint density at radius 3 is 3.00 bits per heavy atom. The number of rotatable bonds is 9. The molecule has 116 valence electrons. The molecule has 0 aliphatic heterocycles. The molecule has 0 aliphatic carbocycles. The van der Waals surface area contributed by atoms with Crippen molar-refractivity contribution in [3.8, 4) is 0 Å². The maximum atomic E-state index is 12.0. The zero-order valence-electron chi connectivity index (χ0n) is 12.4. The predicted molar refractivity (Wildman–Crippen MR) is 81.9 cm³/mol. The minimum Gasteiger partial charge on any atom is -0.355 e. The number of allylic oxidation sites excluding steroid dienone is 1. The smallest absolute Gasteiger partial charge is 0.239 e. The average molecular weight is 311 g/mol. The van der Waals surface area contributed by atoms with Crippen LogP contribution in [0.1, 0.15) is 13.3 Å². The van der Waals surface area contributed by atoms with Gasteiger partial charge in [-0.25, -0.2) is 0 Å². The van der Waals surface area contributed by atoms with Crippen LogP contribution in [0.4, 0.5) is 0 Å². The Morgan fingerprint density at radius 1 is 1.57 bits per heavy atom. The van der Waals surface area contributed by atoms with E-state index in [4.69, 9.17) is 0 Å². The first-order valence-corrected chi connectivity index (χ1v) is 7.69. The van der Waals surface area contributed by atoms with Gasteiger partial charge < -0.3 is 14.8 Å². The molecule has 0 bridgehead atoms. The monoisotopic (exact) mass is 311 g/mol. The van der Waals surface area contributed by atoms with E-state index in [1.807, 2.05) is 6.92 Å². The predicted octanol–water partition coefficient (Wildman–Crippen LogP) is 0.541. The third-order valence-electron chi connectivity index (χ3n) is 2.61. The molecule has 8 heteroatoms. The van der Waals surface area contributed by atoms with Crippen molar-refractivity contribution in [2.75, 3.05) is 25.9 Å². The molecule has 0 radical (unpaired) electrons. The van der Waals surface area contributed by atoms with Gasteiger partial charge in [0.1, 0.15) is 6.33 Å². The quantitative estimate of drug-likeness (QED) is 0.532. The number of hydrogen-bond donors (Lipinski definition) is 1. The first-order chi connectivity index (χ1) is 10.1. The zero-order chi connectivity index (χ0) is 15.7. The number of carbonyl (C=O) groups is 2. The van der Waals surface area contributed by atoms with Gasteiger partial charge in [-0.3, -0.25) is 9.59 Å². The third kappa shape index (κ3) is 5.99. The summed E-state index contributed by atoms with van der Waals surface area (Å²) in [7, 11) is 1.61. The first-order valence-electron chi connectivity index (χ1n) is 6.70. The van der Waals surface area contributed by atoms with Crippen molar-refractivity contribution in [1.82, 2.24) is 25.0 Å². The fourth-order valence-electron chi connectivity index (χ4n) is 1.48. The molecule has 0 aliphatic rings. The van der Waals surface area contributed by atoms with Crippen LogP contribution in [-0.4, -0.2) is 57.4 Å². The van der Waals surface area contributed by atoms with Crippen molar-refractivity contribution in [3.63, 3.8) is 0 Å². The van der Waals surface area contributed by atoms with Gasteiger partial charge in [0.15, 0.2) is 5.16 Å². The summed E-state index contributed by atoms with van der Waals surface area (Å²) >= 11 is 1.29. The Bertz CT molecular complexity index is 489. The van der Waals surface area contributed by atoms with Gasteiger partial charge in [-0.05, 0) is 6.42 Å². The number of aromatic nitrogens is 3. The Hall–Kier alpha value is -1.83. The van der Waals surface area contributed by atoms with Crippen molar-refractivity contribution in [2.45, 2.75) is 25.0 Å². The zero-order valence-corrected chi connectivity index (χ0v) is 13.2. The van der Waals surface area contributed by atoms with Crippen molar-refractivity contribution in [2.24, 2.45) is 0 Å². The SMILES string of the molecule is C=CCn1cnnc1SCC(=O)N(C)CC(=O)NCCC. The maximum Gasteiger partial charge on any atom is 0.239 e. The lowest BCUT2D eigenvalue weighted by Gasteiger charge is -2.16. The number of hydrogen-bond acceptors (Lipinski definition) is 5. The standard InChI is InChI=1S/C13H21N5O2S/c1-4-6-14-11(19)8-17(3)12(20)9-21-13-16-15-10-18(13)7-5-2/h5,10H,2,4,6-9H2,1,3H3,(H,14,19). The second kappa shape index (κ2) is 9.17. The summed E-state index contributed by atoms with van der Waals surface area (Å²) in [5, 5.41) is 11.1. The molecule has 0 spiro atoms. The number of likely N-dealkylation sites (N-methyl/N-ethyl adjacent to an activating group) is 1. The number of thioether (sulfide) groups is 1. The normalized spacial score (nSPS) is 10.2. The van der Waals surface area contributed by atoms with Gasteiger partial charge in [0.05, 0.1) is 12.3 Å². The molecular weight excluding hydrogens is 290 g/mol.